The molecule has 0 unspecified atom stereocenters. The lowest BCUT2D eigenvalue weighted by Crippen LogP contribution is -2.43. The number of hydrogen-bond acceptors (Lipinski definition) is 4. The SMILES string of the molecule is O=C(NCCCNC(=O)[C@@H]1CCCN1)[C@@H]1CCCN1. The Morgan fingerprint density at radius 2 is 1.37 bits per heavy atom. The van der Waals surface area contributed by atoms with Crippen molar-refractivity contribution in [1.82, 2.24) is 21.3 Å². The minimum Gasteiger partial charge on any atom is -0.355 e. The van der Waals surface area contributed by atoms with Crippen LogP contribution < -0.4 is 21.3 Å². The van der Waals surface area contributed by atoms with E-state index >= 15 is 0 Å². The first-order chi connectivity index (χ1) is 9.27. The fraction of sp³-hybridized carbons (Fsp3) is 0.846. The predicted octanol–water partition coefficient (Wildman–Crippen LogP) is -0.887. The number of carbonyl (C=O) groups excluding carboxylic acids is 2. The van der Waals surface area contributed by atoms with Gasteiger partial charge >= 0.3 is 0 Å². The van der Waals surface area contributed by atoms with Crippen LogP contribution in [0.4, 0.5) is 0 Å². The number of hydrogen-bond donors (Lipinski definition) is 4. The third kappa shape index (κ3) is 4.47. The molecule has 0 radical (unpaired) electrons. The summed E-state index contributed by atoms with van der Waals surface area (Å²) >= 11 is 0. The Morgan fingerprint density at radius 1 is 0.895 bits per heavy atom. The van der Waals surface area contributed by atoms with E-state index in [2.05, 4.69) is 21.3 Å². The standard InChI is InChI=1S/C13H24N4O2/c18-12(10-4-1-6-14-10)16-8-3-9-17-13(19)11-5-2-7-15-11/h10-11,14-15H,1-9H2,(H,16,18)(H,17,19)/t10-,11-/m0/s1. The minimum atomic E-state index is -0.0164. The third-order valence-electron chi connectivity index (χ3n) is 3.71. The molecule has 2 heterocycles. The van der Waals surface area contributed by atoms with Crippen molar-refractivity contribution in [1.29, 1.82) is 0 Å². The molecule has 2 atom stereocenters. The Kier molecular flexibility index (Phi) is 5.60. The molecule has 108 valence electrons. The highest BCUT2D eigenvalue weighted by Crippen LogP contribution is 2.05. The van der Waals surface area contributed by atoms with Crippen LogP contribution in [0.2, 0.25) is 0 Å². The summed E-state index contributed by atoms with van der Waals surface area (Å²) in [5, 5.41) is 12.1. The van der Waals surface area contributed by atoms with Crippen molar-refractivity contribution < 1.29 is 9.59 Å². The van der Waals surface area contributed by atoms with Crippen molar-refractivity contribution in [3.05, 3.63) is 0 Å². The average Bonchev–Trinajstić information content (AvgIpc) is 3.10. The van der Waals surface area contributed by atoms with Crippen LogP contribution >= 0.6 is 0 Å². The van der Waals surface area contributed by atoms with Gasteiger partial charge in [0.15, 0.2) is 0 Å². The zero-order valence-corrected chi connectivity index (χ0v) is 11.3. The van der Waals surface area contributed by atoms with Gasteiger partial charge in [-0.1, -0.05) is 0 Å². The maximum Gasteiger partial charge on any atom is 0.237 e. The lowest BCUT2D eigenvalue weighted by Gasteiger charge is -2.12. The van der Waals surface area contributed by atoms with Crippen molar-refractivity contribution >= 4 is 11.8 Å². The van der Waals surface area contributed by atoms with Crippen molar-refractivity contribution in [2.24, 2.45) is 0 Å². The molecule has 19 heavy (non-hydrogen) atoms. The van der Waals surface area contributed by atoms with E-state index in [1.54, 1.807) is 0 Å². The predicted molar refractivity (Wildman–Crippen MR) is 72.7 cm³/mol. The molecule has 0 aromatic carbocycles. The minimum absolute atomic E-state index is 0.0164. The lowest BCUT2D eigenvalue weighted by atomic mass is 10.2. The van der Waals surface area contributed by atoms with Gasteiger partial charge in [0.05, 0.1) is 12.1 Å². The van der Waals surface area contributed by atoms with Gasteiger partial charge in [0.2, 0.25) is 11.8 Å². The van der Waals surface area contributed by atoms with Crippen LogP contribution in [-0.2, 0) is 9.59 Å². The Labute approximate surface area is 114 Å². The quantitative estimate of drug-likeness (QED) is 0.471. The Balaban J connectivity index is 1.49. The van der Waals surface area contributed by atoms with Crippen LogP contribution in [0.15, 0.2) is 0 Å². The zero-order chi connectivity index (χ0) is 13.5. The molecule has 6 heteroatoms. The van der Waals surface area contributed by atoms with Crippen molar-refractivity contribution in [3.63, 3.8) is 0 Å². The fourth-order valence-electron chi connectivity index (χ4n) is 2.57. The van der Waals surface area contributed by atoms with E-state index < -0.39 is 0 Å². The molecule has 0 aromatic heterocycles. The van der Waals surface area contributed by atoms with Crippen LogP contribution in [0.3, 0.4) is 0 Å². The second-order valence-electron chi connectivity index (χ2n) is 5.23. The van der Waals surface area contributed by atoms with Crippen LogP contribution in [0, 0.1) is 0 Å². The highest BCUT2D eigenvalue weighted by atomic mass is 16.2. The molecule has 2 rings (SSSR count). The van der Waals surface area contributed by atoms with Gasteiger partial charge in [0, 0.05) is 13.1 Å². The maximum atomic E-state index is 11.7. The summed E-state index contributed by atoms with van der Waals surface area (Å²) in [6.07, 6.45) is 4.77. The Bertz CT molecular complexity index is 280. The molecule has 0 saturated carbocycles. The summed E-state index contributed by atoms with van der Waals surface area (Å²) in [6.45, 7) is 3.11. The summed E-state index contributed by atoms with van der Waals surface area (Å²) in [4.78, 5) is 23.4. The van der Waals surface area contributed by atoms with Gasteiger partial charge in [0.25, 0.3) is 0 Å². The second kappa shape index (κ2) is 7.45. The first-order valence-electron chi connectivity index (χ1n) is 7.29. The van der Waals surface area contributed by atoms with E-state index in [1.807, 2.05) is 0 Å². The molecule has 4 N–H and O–H groups in total. The average molecular weight is 268 g/mol. The molecule has 2 fully saturated rings. The summed E-state index contributed by atoms with van der Waals surface area (Å²) in [6, 6.07) is -0.0328. The summed E-state index contributed by atoms with van der Waals surface area (Å²) in [5.74, 6) is 0.169. The van der Waals surface area contributed by atoms with Gasteiger partial charge in [0.1, 0.15) is 0 Å². The van der Waals surface area contributed by atoms with Gasteiger partial charge in [-0.3, -0.25) is 9.59 Å². The van der Waals surface area contributed by atoms with Crippen LogP contribution in [-0.4, -0.2) is 50.1 Å². The largest absolute Gasteiger partial charge is 0.355 e. The molecule has 2 saturated heterocycles. The number of rotatable bonds is 6. The summed E-state index contributed by atoms with van der Waals surface area (Å²) in [5.41, 5.74) is 0. The van der Waals surface area contributed by atoms with Gasteiger partial charge in [-0.15, -0.1) is 0 Å². The van der Waals surface area contributed by atoms with Gasteiger partial charge in [-0.2, -0.15) is 0 Å². The van der Waals surface area contributed by atoms with Crippen LogP contribution in [0.25, 0.3) is 0 Å². The van der Waals surface area contributed by atoms with E-state index in [0.29, 0.717) is 13.1 Å². The molecule has 2 aliphatic heterocycles. The Morgan fingerprint density at radius 3 is 1.74 bits per heavy atom. The van der Waals surface area contributed by atoms with Gasteiger partial charge in [-0.05, 0) is 45.2 Å². The Hall–Kier alpha value is -1.14. The molecule has 6 nitrogen and oxygen atoms in total. The van der Waals surface area contributed by atoms with E-state index in [0.717, 1.165) is 45.2 Å². The molecule has 0 spiro atoms. The van der Waals surface area contributed by atoms with E-state index in [4.69, 9.17) is 0 Å². The number of amides is 2. The van der Waals surface area contributed by atoms with E-state index in [-0.39, 0.29) is 23.9 Å². The summed E-state index contributed by atoms with van der Waals surface area (Å²) < 4.78 is 0. The smallest absolute Gasteiger partial charge is 0.237 e. The number of nitrogens with one attached hydrogen (secondary N) is 4. The maximum absolute atomic E-state index is 11.7. The fourth-order valence-corrected chi connectivity index (χ4v) is 2.57. The van der Waals surface area contributed by atoms with E-state index in [9.17, 15) is 9.59 Å². The molecule has 2 aliphatic rings. The first-order valence-corrected chi connectivity index (χ1v) is 7.29. The molecular weight excluding hydrogens is 244 g/mol. The molecular formula is C13H24N4O2. The highest BCUT2D eigenvalue weighted by molar-refractivity contribution is 5.82. The summed E-state index contributed by atoms with van der Waals surface area (Å²) in [7, 11) is 0. The molecule has 0 bridgehead atoms. The van der Waals surface area contributed by atoms with E-state index in [1.165, 1.54) is 0 Å². The highest BCUT2D eigenvalue weighted by Gasteiger charge is 2.22. The molecule has 0 aromatic rings. The first kappa shape index (κ1) is 14.3. The second-order valence-corrected chi connectivity index (χ2v) is 5.23. The monoisotopic (exact) mass is 268 g/mol. The van der Waals surface area contributed by atoms with Gasteiger partial charge < -0.3 is 21.3 Å². The lowest BCUT2D eigenvalue weighted by molar-refractivity contribution is -0.123. The molecule has 0 aliphatic carbocycles. The van der Waals surface area contributed by atoms with Crippen molar-refractivity contribution in [2.75, 3.05) is 26.2 Å². The zero-order valence-electron chi connectivity index (χ0n) is 11.3. The van der Waals surface area contributed by atoms with Crippen molar-refractivity contribution in [3.8, 4) is 0 Å². The van der Waals surface area contributed by atoms with Crippen LogP contribution in [0.5, 0.6) is 0 Å². The third-order valence-corrected chi connectivity index (χ3v) is 3.71. The normalized spacial score (nSPS) is 26.3. The molecule has 2 amide bonds. The van der Waals surface area contributed by atoms with Crippen molar-refractivity contribution in [2.45, 2.75) is 44.2 Å². The number of carbonyl (C=O) groups is 2. The van der Waals surface area contributed by atoms with Gasteiger partial charge in [-0.25, -0.2) is 0 Å². The topological polar surface area (TPSA) is 82.3 Å². The van der Waals surface area contributed by atoms with Crippen LogP contribution in [0.1, 0.15) is 32.1 Å².